The van der Waals surface area contributed by atoms with Crippen LogP contribution in [0.1, 0.15) is 26.3 Å². The van der Waals surface area contributed by atoms with Gasteiger partial charge in [0.25, 0.3) is 5.91 Å². The van der Waals surface area contributed by atoms with E-state index in [9.17, 15) is 18.0 Å². The van der Waals surface area contributed by atoms with Gasteiger partial charge in [0.1, 0.15) is 11.5 Å². The van der Waals surface area contributed by atoms with Crippen molar-refractivity contribution in [1.82, 2.24) is 9.55 Å². The number of aromatic nitrogens is 2. The molecule has 8 nitrogen and oxygen atoms in total. The van der Waals surface area contributed by atoms with Crippen molar-refractivity contribution in [3.63, 3.8) is 0 Å². The third kappa shape index (κ3) is 6.19. The van der Waals surface area contributed by atoms with E-state index in [-0.39, 0.29) is 38.8 Å². The number of hydrogen-bond acceptors (Lipinski definition) is 6. The summed E-state index contributed by atoms with van der Waals surface area (Å²) in [5.74, 6) is -5.13. The van der Waals surface area contributed by atoms with Gasteiger partial charge in [-0.2, -0.15) is 0 Å². The van der Waals surface area contributed by atoms with E-state index < -0.39 is 50.4 Å². The molecule has 2 heterocycles. The van der Waals surface area contributed by atoms with E-state index in [0.29, 0.717) is 16.1 Å². The first-order valence-corrected chi connectivity index (χ1v) is 15.5. The Labute approximate surface area is 265 Å². The zero-order valence-corrected chi connectivity index (χ0v) is 25.7. The van der Waals surface area contributed by atoms with E-state index in [1.165, 1.54) is 31.5 Å². The van der Waals surface area contributed by atoms with Crippen LogP contribution in [0.25, 0.3) is 22.2 Å². The molecule has 5 rings (SSSR count). The third-order valence-electron chi connectivity index (χ3n) is 6.60. The lowest BCUT2D eigenvalue weighted by molar-refractivity contribution is 0.0964. The van der Waals surface area contributed by atoms with Crippen molar-refractivity contribution in [3.05, 3.63) is 116 Å². The minimum Gasteiger partial charge on any atom is -0.384 e. The molecular weight excluding hydrogens is 659 g/mol. The van der Waals surface area contributed by atoms with Gasteiger partial charge in [0, 0.05) is 35.5 Å². The van der Waals surface area contributed by atoms with Crippen LogP contribution in [0.5, 0.6) is 0 Å². The number of rotatable bonds is 9. The maximum atomic E-state index is 15.7. The van der Waals surface area contributed by atoms with Gasteiger partial charge in [-0.05, 0) is 48.0 Å². The van der Waals surface area contributed by atoms with E-state index in [0.717, 1.165) is 22.9 Å². The molecule has 0 unspecified atom stereocenters. The number of nitrogens with zero attached hydrogens (tertiary/aromatic N) is 2. The van der Waals surface area contributed by atoms with Crippen LogP contribution in [-0.2, 0) is 14.8 Å². The SMILES string of the molecule is COCCS(=O)(=O)Nc1ccc(F)c(C(=O)c2cn(C(=O)c3c(Cl)cccc3Cl)c3ncc(-c4ccc(Cl)cc4)cc23)c1F. The smallest absolute Gasteiger partial charge is 0.266 e. The van der Waals surface area contributed by atoms with Crippen LogP contribution in [0.2, 0.25) is 15.1 Å². The normalized spacial score (nSPS) is 11.6. The second-order valence-electron chi connectivity index (χ2n) is 9.44. The van der Waals surface area contributed by atoms with E-state index in [2.05, 4.69) is 4.98 Å². The van der Waals surface area contributed by atoms with Crippen molar-refractivity contribution < 1.29 is 31.5 Å². The fourth-order valence-electron chi connectivity index (χ4n) is 4.45. The Morgan fingerprint density at radius 2 is 1.64 bits per heavy atom. The molecule has 1 N–H and O–H groups in total. The monoisotopic (exact) mass is 677 g/mol. The first-order chi connectivity index (χ1) is 20.9. The minimum absolute atomic E-state index is 0.0238. The van der Waals surface area contributed by atoms with Gasteiger partial charge in [-0.25, -0.2) is 22.2 Å². The van der Waals surface area contributed by atoms with Gasteiger partial charge in [0.05, 0.1) is 44.8 Å². The third-order valence-corrected chi connectivity index (χ3v) is 8.72. The lowest BCUT2D eigenvalue weighted by atomic mass is 10.00. The quantitative estimate of drug-likeness (QED) is 0.165. The Hall–Kier alpha value is -3.87. The standard InChI is InChI=1S/C30H20Cl3F2N3O5S/c1-43-11-12-44(41,42)37-24-10-9-23(34)26(27(24)35)28(39)20-15-38(30(40)25-21(32)3-2-4-22(25)33)29-19(20)13-17(14-36-29)16-5-7-18(31)8-6-16/h2-10,13-15,37H,11-12H2,1H3. The van der Waals surface area contributed by atoms with E-state index >= 15 is 8.78 Å². The molecule has 0 saturated heterocycles. The highest BCUT2D eigenvalue weighted by atomic mass is 35.5. The van der Waals surface area contributed by atoms with Gasteiger partial charge in [0.15, 0.2) is 5.82 Å². The van der Waals surface area contributed by atoms with Gasteiger partial charge in [-0.15, -0.1) is 0 Å². The van der Waals surface area contributed by atoms with E-state index in [1.807, 2.05) is 4.72 Å². The summed E-state index contributed by atoms with van der Waals surface area (Å²) in [4.78, 5) is 32.0. The van der Waals surface area contributed by atoms with Crippen LogP contribution in [0.15, 0.2) is 73.1 Å². The largest absolute Gasteiger partial charge is 0.384 e. The van der Waals surface area contributed by atoms with Gasteiger partial charge < -0.3 is 4.74 Å². The number of hydrogen-bond donors (Lipinski definition) is 1. The minimum atomic E-state index is -4.10. The van der Waals surface area contributed by atoms with Crippen molar-refractivity contribution >= 4 is 73.2 Å². The number of carbonyl (C=O) groups excluding carboxylic acids is 2. The second-order valence-corrected chi connectivity index (χ2v) is 12.5. The molecule has 5 aromatic rings. The molecular formula is C30H20Cl3F2N3O5S. The number of sulfonamides is 1. The summed E-state index contributed by atoms with van der Waals surface area (Å²) in [6.07, 6.45) is 2.54. The van der Waals surface area contributed by atoms with Crippen LogP contribution < -0.4 is 4.72 Å². The molecule has 44 heavy (non-hydrogen) atoms. The fraction of sp³-hybridized carbons (Fsp3) is 0.100. The Morgan fingerprint density at radius 1 is 0.955 bits per heavy atom. The molecule has 0 fully saturated rings. The molecule has 2 aromatic heterocycles. The van der Waals surface area contributed by atoms with Crippen LogP contribution in [-0.4, -0.2) is 49.1 Å². The summed E-state index contributed by atoms with van der Waals surface area (Å²) in [5.41, 5.74) is -0.934. The van der Waals surface area contributed by atoms with Crippen LogP contribution >= 0.6 is 34.8 Å². The first kappa shape index (κ1) is 31.6. The summed E-state index contributed by atoms with van der Waals surface area (Å²) in [6, 6.07) is 14.3. The number of ether oxygens (including phenoxy) is 1. The number of benzene rings is 3. The topological polar surface area (TPSA) is 107 Å². The average molecular weight is 679 g/mol. The van der Waals surface area contributed by atoms with Crippen molar-refractivity contribution in [3.8, 4) is 11.1 Å². The van der Waals surface area contributed by atoms with Crippen LogP contribution in [0.4, 0.5) is 14.5 Å². The van der Waals surface area contributed by atoms with Crippen LogP contribution in [0, 0.1) is 11.6 Å². The molecule has 0 amide bonds. The summed E-state index contributed by atoms with van der Waals surface area (Å²) in [7, 11) is -2.81. The van der Waals surface area contributed by atoms with Crippen molar-refractivity contribution in [2.45, 2.75) is 0 Å². The summed E-state index contributed by atoms with van der Waals surface area (Å²) in [6.45, 7) is -0.185. The van der Waals surface area contributed by atoms with Crippen LogP contribution in [0.3, 0.4) is 0 Å². The number of nitrogens with one attached hydrogen (secondary N) is 1. The number of pyridine rings is 1. The highest BCUT2D eigenvalue weighted by Gasteiger charge is 2.29. The zero-order valence-electron chi connectivity index (χ0n) is 22.6. The number of anilines is 1. The Balaban J connectivity index is 1.70. The van der Waals surface area contributed by atoms with E-state index in [4.69, 9.17) is 39.5 Å². The summed E-state index contributed by atoms with van der Waals surface area (Å²) >= 11 is 18.6. The second kappa shape index (κ2) is 12.6. The summed E-state index contributed by atoms with van der Waals surface area (Å²) < 4.78 is 63.3. The van der Waals surface area contributed by atoms with Crippen molar-refractivity contribution in [2.24, 2.45) is 0 Å². The molecule has 0 spiro atoms. The maximum absolute atomic E-state index is 15.7. The summed E-state index contributed by atoms with van der Waals surface area (Å²) in [5, 5.41) is 0.612. The highest BCUT2D eigenvalue weighted by molar-refractivity contribution is 7.92. The molecule has 0 aliphatic heterocycles. The molecule has 0 atom stereocenters. The zero-order chi connectivity index (χ0) is 31.8. The molecule has 0 saturated carbocycles. The maximum Gasteiger partial charge on any atom is 0.266 e. The number of fused-ring (bicyclic) bond motifs is 1. The predicted octanol–water partition coefficient (Wildman–Crippen LogP) is 7.25. The molecule has 226 valence electrons. The predicted molar refractivity (Wildman–Crippen MR) is 165 cm³/mol. The molecule has 3 aromatic carbocycles. The molecule has 0 radical (unpaired) electrons. The Bertz CT molecular complexity index is 2030. The Kier molecular flexibility index (Phi) is 9.05. The lowest BCUT2D eigenvalue weighted by Gasteiger charge is -2.11. The average Bonchev–Trinajstić information content (AvgIpc) is 3.37. The Morgan fingerprint density at radius 3 is 2.30 bits per heavy atom. The van der Waals surface area contributed by atoms with Crippen molar-refractivity contribution in [1.29, 1.82) is 0 Å². The number of methoxy groups -OCH3 is 1. The molecule has 14 heteroatoms. The molecule has 0 aliphatic rings. The number of carbonyl (C=O) groups is 2. The van der Waals surface area contributed by atoms with E-state index in [1.54, 1.807) is 30.3 Å². The lowest BCUT2D eigenvalue weighted by Crippen LogP contribution is -2.21. The number of halogens is 5. The van der Waals surface area contributed by atoms with Gasteiger partial charge in [0.2, 0.25) is 15.8 Å². The van der Waals surface area contributed by atoms with Gasteiger partial charge in [-0.1, -0.05) is 53.0 Å². The fourth-order valence-corrected chi connectivity index (χ4v) is 6.12. The van der Waals surface area contributed by atoms with Gasteiger partial charge in [-0.3, -0.25) is 18.9 Å². The molecule has 0 bridgehead atoms. The first-order valence-electron chi connectivity index (χ1n) is 12.7. The molecule has 0 aliphatic carbocycles. The van der Waals surface area contributed by atoms with Crippen molar-refractivity contribution in [2.75, 3.05) is 24.2 Å². The van der Waals surface area contributed by atoms with Gasteiger partial charge >= 0.3 is 0 Å². The highest BCUT2D eigenvalue weighted by Crippen LogP contribution is 2.33. The number of ketones is 1.